The Hall–Kier alpha value is -1.71. The van der Waals surface area contributed by atoms with Crippen LogP contribution in [-0.4, -0.2) is 25.1 Å². The quantitative estimate of drug-likeness (QED) is 0.746. The first-order chi connectivity index (χ1) is 6.60. The van der Waals surface area contributed by atoms with E-state index in [1.54, 1.807) is 0 Å². The lowest BCUT2D eigenvalue weighted by molar-refractivity contribution is 0.101. The van der Waals surface area contributed by atoms with Crippen molar-refractivity contribution in [2.75, 3.05) is 14.2 Å². The van der Waals surface area contributed by atoms with E-state index in [4.69, 9.17) is 9.47 Å². The van der Waals surface area contributed by atoms with E-state index in [1.807, 2.05) is 0 Å². The second kappa shape index (κ2) is 4.00. The molecule has 1 rings (SSSR count). The van der Waals surface area contributed by atoms with Gasteiger partial charge in [0.2, 0.25) is 0 Å². The number of rotatable bonds is 3. The molecule has 14 heavy (non-hydrogen) atoms. The molecule has 0 radical (unpaired) electrons. The summed E-state index contributed by atoms with van der Waals surface area (Å²) in [6.45, 7) is 1.37. The Bertz CT molecular complexity index is 357. The summed E-state index contributed by atoms with van der Waals surface area (Å²) in [5, 5.41) is 9.58. The molecule has 1 aromatic carbocycles. The van der Waals surface area contributed by atoms with Crippen molar-refractivity contribution in [2.45, 2.75) is 6.92 Å². The smallest absolute Gasteiger partial charge is 0.168 e. The monoisotopic (exact) mass is 196 g/mol. The number of carbonyl (C=O) groups excluding carboxylic acids is 1. The number of phenolic OH excluding ortho intramolecular Hbond substituents is 1. The highest BCUT2D eigenvalue weighted by Gasteiger charge is 2.13. The van der Waals surface area contributed by atoms with E-state index in [1.165, 1.54) is 33.3 Å². The van der Waals surface area contributed by atoms with Crippen molar-refractivity contribution in [3.05, 3.63) is 17.7 Å². The number of Topliss-reactive ketones (excluding diaryl/α,β-unsaturated/α-hetero) is 1. The highest BCUT2D eigenvalue weighted by molar-refractivity contribution is 5.98. The lowest BCUT2D eigenvalue weighted by Crippen LogP contribution is -1.97. The Kier molecular flexibility index (Phi) is 2.96. The fraction of sp³-hybridized carbons (Fsp3) is 0.300. The zero-order valence-corrected chi connectivity index (χ0v) is 8.33. The average Bonchev–Trinajstić information content (AvgIpc) is 2.17. The first-order valence-corrected chi connectivity index (χ1v) is 4.06. The third kappa shape index (κ3) is 1.79. The average molecular weight is 196 g/mol. The lowest BCUT2D eigenvalue weighted by atomic mass is 10.1. The van der Waals surface area contributed by atoms with Gasteiger partial charge in [0.1, 0.15) is 5.75 Å². The van der Waals surface area contributed by atoms with Crippen molar-refractivity contribution in [3.63, 3.8) is 0 Å². The molecule has 76 valence electrons. The number of aromatic hydroxyl groups is 1. The van der Waals surface area contributed by atoms with Crippen LogP contribution in [0.25, 0.3) is 0 Å². The van der Waals surface area contributed by atoms with Crippen molar-refractivity contribution in [1.82, 2.24) is 0 Å². The van der Waals surface area contributed by atoms with Crippen LogP contribution in [0.5, 0.6) is 17.2 Å². The Morgan fingerprint density at radius 3 is 2.36 bits per heavy atom. The van der Waals surface area contributed by atoms with Crippen molar-refractivity contribution in [2.24, 2.45) is 0 Å². The maximum Gasteiger partial charge on any atom is 0.168 e. The Morgan fingerprint density at radius 2 is 1.93 bits per heavy atom. The first-order valence-electron chi connectivity index (χ1n) is 4.06. The molecule has 0 unspecified atom stereocenters. The summed E-state index contributed by atoms with van der Waals surface area (Å²) in [5.41, 5.74) is 0.196. The van der Waals surface area contributed by atoms with Crippen LogP contribution in [-0.2, 0) is 0 Å². The normalized spacial score (nSPS) is 9.64. The Morgan fingerprint density at radius 1 is 1.29 bits per heavy atom. The SMILES string of the molecule is COc1cc(OC)c(O)c(C(C)=O)c1. The molecule has 4 nitrogen and oxygen atoms in total. The number of hydrogen-bond donors (Lipinski definition) is 1. The van der Waals surface area contributed by atoms with Gasteiger partial charge in [-0.2, -0.15) is 0 Å². The first kappa shape index (κ1) is 10.4. The van der Waals surface area contributed by atoms with Gasteiger partial charge in [0.15, 0.2) is 17.3 Å². The Balaban J connectivity index is 3.34. The minimum Gasteiger partial charge on any atom is -0.504 e. The van der Waals surface area contributed by atoms with Gasteiger partial charge in [0, 0.05) is 6.07 Å². The van der Waals surface area contributed by atoms with Gasteiger partial charge in [-0.3, -0.25) is 4.79 Å². The van der Waals surface area contributed by atoms with Gasteiger partial charge >= 0.3 is 0 Å². The van der Waals surface area contributed by atoms with Crippen molar-refractivity contribution in [1.29, 1.82) is 0 Å². The van der Waals surface area contributed by atoms with Gasteiger partial charge in [-0.05, 0) is 13.0 Å². The molecule has 0 aromatic heterocycles. The molecular weight excluding hydrogens is 184 g/mol. The zero-order valence-electron chi connectivity index (χ0n) is 8.33. The van der Waals surface area contributed by atoms with Gasteiger partial charge in [-0.25, -0.2) is 0 Å². The third-order valence-electron chi connectivity index (χ3n) is 1.88. The number of benzene rings is 1. The van der Waals surface area contributed by atoms with E-state index >= 15 is 0 Å². The largest absolute Gasteiger partial charge is 0.504 e. The standard InChI is InChI=1S/C10H12O4/c1-6(11)8-4-7(13-2)5-9(14-3)10(8)12/h4-5,12H,1-3H3. The second-order valence-electron chi connectivity index (χ2n) is 2.78. The summed E-state index contributed by atoms with van der Waals surface area (Å²) in [6, 6.07) is 2.99. The van der Waals surface area contributed by atoms with Crippen LogP contribution in [0.15, 0.2) is 12.1 Å². The van der Waals surface area contributed by atoms with E-state index in [0.29, 0.717) is 5.75 Å². The van der Waals surface area contributed by atoms with Crippen molar-refractivity contribution in [3.8, 4) is 17.2 Å². The number of phenols is 1. The minimum atomic E-state index is -0.236. The van der Waals surface area contributed by atoms with Gasteiger partial charge in [0.25, 0.3) is 0 Å². The van der Waals surface area contributed by atoms with Crippen LogP contribution >= 0.6 is 0 Å². The summed E-state index contributed by atoms with van der Waals surface area (Å²) >= 11 is 0. The number of ketones is 1. The molecule has 0 heterocycles. The summed E-state index contributed by atoms with van der Waals surface area (Å²) < 4.78 is 9.86. The number of ether oxygens (including phenoxy) is 2. The van der Waals surface area contributed by atoms with Crippen LogP contribution in [0, 0.1) is 0 Å². The molecule has 0 fully saturated rings. The summed E-state index contributed by atoms with van der Waals surface area (Å²) in [4.78, 5) is 11.1. The fourth-order valence-electron chi connectivity index (χ4n) is 1.12. The second-order valence-corrected chi connectivity index (χ2v) is 2.78. The van der Waals surface area contributed by atoms with Crippen LogP contribution in [0.2, 0.25) is 0 Å². The number of methoxy groups -OCH3 is 2. The summed E-state index contributed by atoms with van der Waals surface area (Å²) in [7, 11) is 2.90. The van der Waals surface area contributed by atoms with E-state index in [-0.39, 0.29) is 22.8 Å². The molecule has 0 aliphatic heterocycles. The molecule has 1 aromatic rings. The molecule has 0 bridgehead atoms. The number of carbonyl (C=O) groups is 1. The van der Waals surface area contributed by atoms with Crippen LogP contribution in [0.3, 0.4) is 0 Å². The van der Waals surface area contributed by atoms with Gasteiger partial charge in [0.05, 0.1) is 19.8 Å². The molecule has 0 amide bonds. The maximum absolute atomic E-state index is 11.1. The van der Waals surface area contributed by atoms with Gasteiger partial charge < -0.3 is 14.6 Å². The van der Waals surface area contributed by atoms with Crippen molar-refractivity contribution < 1.29 is 19.4 Å². The predicted octanol–water partition coefficient (Wildman–Crippen LogP) is 1.61. The third-order valence-corrected chi connectivity index (χ3v) is 1.88. The Labute approximate surface area is 82.1 Å². The fourth-order valence-corrected chi connectivity index (χ4v) is 1.12. The molecular formula is C10H12O4. The molecule has 4 heteroatoms. The van der Waals surface area contributed by atoms with E-state index in [2.05, 4.69) is 0 Å². The van der Waals surface area contributed by atoms with Crippen molar-refractivity contribution >= 4 is 5.78 Å². The molecule has 1 N–H and O–H groups in total. The van der Waals surface area contributed by atoms with Crippen LogP contribution < -0.4 is 9.47 Å². The van der Waals surface area contributed by atoms with Crippen LogP contribution in [0.4, 0.5) is 0 Å². The summed E-state index contributed by atoms with van der Waals surface area (Å²) in [6.07, 6.45) is 0. The summed E-state index contributed by atoms with van der Waals surface area (Å²) in [5.74, 6) is 0.319. The van der Waals surface area contributed by atoms with E-state index in [9.17, 15) is 9.90 Å². The molecule has 0 aliphatic carbocycles. The molecule has 0 aliphatic rings. The highest BCUT2D eigenvalue weighted by Crippen LogP contribution is 2.34. The topological polar surface area (TPSA) is 55.8 Å². The lowest BCUT2D eigenvalue weighted by Gasteiger charge is -2.09. The highest BCUT2D eigenvalue weighted by atomic mass is 16.5. The van der Waals surface area contributed by atoms with E-state index < -0.39 is 0 Å². The van der Waals surface area contributed by atoms with E-state index in [0.717, 1.165) is 0 Å². The van der Waals surface area contributed by atoms with Crippen LogP contribution in [0.1, 0.15) is 17.3 Å². The number of hydrogen-bond acceptors (Lipinski definition) is 4. The molecule has 0 spiro atoms. The molecule has 0 saturated carbocycles. The predicted molar refractivity (Wildman–Crippen MR) is 51.2 cm³/mol. The van der Waals surface area contributed by atoms with Gasteiger partial charge in [-0.15, -0.1) is 0 Å². The molecule has 0 saturated heterocycles. The maximum atomic E-state index is 11.1. The molecule has 0 atom stereocenters. The zero-order chi connectivity index (χ0) is 10.7. The van der Waals surface area contributed by atoms with Gasteiger partial charge in [-0.1, -0.05) is 0 Å². The minimum absolute atomic E-state index is 0.152.